The van der Waals surface area contributed by atoms with Crippen LogP contribution in [0.25, 0.3) is 0 Å². The number of nitrogens with one attached hydrogen (secondary N) is 1. The number of amides is 2. The molecule has 0 bridgehead atoms. The predicted molar refractivity (Wildman–Crippen MR) is 115 cm³/mol. The largest absolute Gasteiger partial charge is 0.497 e. The van der Waals surface area contributed by atoms with Gasteiger partial charge in [-0.2, -0.15) is 0 Å². The Kier molecular flexibility index (Phi) is 7.71. The van der Waals surface area contributed by atoms with Crippen molar-refractivity contribution in [3.05, 3.63) is 65.7 Å². The number of likely N-dealkylation sites (tertiary alicyclic amines) is 1. The van der Waals surface area contributed by atoms with Crippen LogP contribution < -0.4 is 10.1 Å². The normalized spacial score (nSPS) is 17.5. The fourth-order valence-corrected chi connectivity index (χ4v) is 3.80. The lowest BCUT2D eigenvalue weighted by molar-refractivity contribution is -0.135. The number of nitrogens with zero attached hydrogens (tertiary/aromatic N) is 1. The fraction of sp³-hybridized carbons (Fsp3) is 0.417. The van der Waals surface area contributed by atoms with Crippen molar-refractivity contribution < 1.29 is 19.1 Å². The summed E-state index contributed by atoms with van der Waals surface area (Å²) in [6.45, 7) is 2.56. The van der Waals surface area contributed by atoms with E-state index in [1.165, 1.54) is 0 Å². The van der Waals surface area contributed by atoms with Gasteiger partial charge in [-0.1, -0.05) is 55.3 Å². The molecule has 0 aromatic heterocycles. The molecule has 0 saturated carbocycles. The molecule has 1 aliphatic rings. The maximum atomic E-state index is 13.2. The Balaban J connectivity index is 1.63. The molecule has 0 unspecified atom stereocenters. The average molecular weight is 411 g/mol. The minimum atomic E-state index is -0.660. The van der Waals surface area contributed by atoms with Gasteiger partial charge in [-0.05, 0) is 43.0 Å². The third kappa shape index (κ3) is 5.75. The van der Waals surface area contributed by atoms with Crippen LogP contribution in [-0.4, -0.2) is 36.6 Å². The molecule has 2 amide bonds. The number of carbonyl (C=O) groups excluding carboxylic acids is 2. The van der Waals surface area contributed by atoms with E-state index in [0.29, 0.717) is 6.54 Å². The lowest BCUT2D eigenvalue weighted by Crippen LogP contribution is -2.48. The second-order valence-electron chi connectivity index (χ2n) is 7.60. The molecular weight excluding hydrogens is 380 g/mol. The van der Waals surface area contributed by atoms with Crippen molar-refractivity contribution in [2.24, 2.45) is 0 Å². The molecule has 30 heavy (non-hydrogen) atoms. The van der Waals surface area contributed by atoms with Crippen LogP contribution in [0.3, 0.4) is 0 Å². The van der Waals surface area contributed by atoms with Crippen LogP contribution in [0.5, 0.6) is 5.75 Å². The van der Waals surface area contributed by atoms with E-state index in [-0.39, 0.29) is 18.6 Å². The molecule has 0 aliphatic carbocycles. The zero-order valence-corrected chi connectivity index (χ0v) is 17.7. The Morgan fingerprint density at radius 3 is 2.50 bits per heavy atom. The molecule has 0 radical (unpaired) electrons. The minimum Gasteiger partial charge on any atom is -0.497 e. The second kappa shape index (κ2) is 10.7. The highest BCUT2D eigenvalue weighted by atomic mass is 16.5. The first kappa shape index (κ1) is 21.7. The summed E-state index contributed by atoms with van der Waals surface area (Å²) in [7, 11) is 1.64. The molecule has 160 valence electrons. The van der Waals surface area contributed by atoms with Crippen LogP contribution in [0.2, 0.25) is 0 Å². The van der Waals surface area contributed by atoms with E-state index in [1.54, 1.807) is 14.0 Å². The summed E-state index contributed by atoms with van der Waals surface area (Å²) in [5.74, 6) is 0.704. The van der Waals surface area contributed by atoms with Gasteiger partial charge in [0.05, 0.1) is 13.2 Å². The highest BCUT2D eigenvalue weighted by Gasteiger charge is 2.30. The second-order valence-corrected chi connectivity index (χ2v) is 7.60. The van der Waals surface area contributed by atoms with E-state index in [0.717, 1.165) is 42.6 Å². The first-order valence-electron chi connectivity index (χ1n) is 10.5. The van der Waals surface area contributed by atoms with Crippen molar-refractivity contribution in [3.8, 4) is 5.75 Å². The smallest absolute Gasteiger partial charge is 0.408 e. The molecule has 1 aliphatic heterocycles. The van der Waals surface area contributed by atoms with Crippen LogP contribution in [0.15, 0.2) is 54.6 Å². The van der Waals surface area contributed by atoms with Gasteiger partial charge in [0, 0.05) is 6.54 Å². The molecule has 2 atom stereocenters. The molecule has 1 saturated heterocycles. The Morgan fingerprint density at radius 1 is 1.07 bits per heavy atom. The van der Waals surface area contributed by atoms with Gasteiger partial charge < -0.3 is 19.7 Å². The standard InChI is InChI=1S/C24H30N2O4/c1-18(25-24(28)30-17-19-9-5-3-6-10-19)23(27)26-16-8-4-7-11-22(26)20-12-14-21(29-2)15-13-20/h3,5-6,9-10,12-15,18,22H,4,7-8,11,16-17H2,1-2H3,(H,25,28)/t18-,22-/m0/s1. The van der Waals surface area contributed by atoms with Crippen molar-refractivity contribution in [2.45, 2.75) is 51.3 Å². The maximum absolute atomic E-state index is 13.2. The van der Waals surface area contributed by atoms with Crippen LogP contribution in [0, 0.1) is 0 Å². The maximum Gasteiger partial charge on any atom is 0.408 e. The highest BCUT2D eigenvalue weighted by molar-refractivity contribution is 5.85. The quantitative estimate of drug-likeness (QED) is 0.764. The van der Waals surface area contributed by atoms with E-state index in [4.69, 9.17) is 9.47 Å². The van der Waals surface area contributed by atoms with Gasteiger partial charge in [-0.3, -0.25) is 4.79 Å². The summed E-state index contributed by atoms with van der Waals surface area (Å²) in [6.07, 6.45) is 3.45. The van der Waals surface area contributed by atoms with E-state index in [9.17, 15) is 9.59 Å². The number of methoxy groups -OCH3 is 1. The molecule has 2 aromatic rings. The molecule has 2 aromatic carbocycles. The number of hydrogen-bond acceptors (Lipinski definition) is 4. The SMILES string of the molecule is COc1ccc([C@@H]2CCCCCN2C(=O)[C@H](C)NC(=O)OCc2ccccc2)cc1. The summed E-state index contributed by atoms with van der Waals surface area (Å²) in [4.78, 5) is 27.3. The van der Waals surface area contributed by atoms with Crippen LogP contribution in [0.1, 0.15) is 49.8 Å². The molecular formula is C24H30N2O4. The molecule has 1 fully saturated rings. The van der Waals surface area contributed by atoms with Gasteiger partial charge in [-0.25, -0.2) is 4.79 Å². The average Bonchev–Trinajstić information content (AvgIpc) is 3.04. The summed E-state index contributed by atoms with van der Waals surface area (Å²) in [5, 5.41) is 2.69. The molecule has 0 spiro atoms. The number of carbonyl (C=O) groups is 2. The Morgan fingerprint density at radius 2 is 1.80 bits per heavy atom. The van der Waals surface area contributed by atoms with E-state index >= 15 is 0 Å². The van der Waals surface area contributed by atoms with Gasteiger partial charge in [0.1, 0.15) is 18.4 Å². The molecule has 1 heterocycles. The van der Waals surface area contributed by atoms with Crippen molar-refractivity contribution >= 4 is 12.0 Å². The van der Waals surface area contributed by atoms with Crippen LogP contribution in [0.4, 0.5) is 4.79 Å². The predicted octanol–water partition coefficient (Wildman–Crippen LogP) is 4.45. The van der Waals surface area contributed by atoms with Crippen molar-refractivity contribution in [3.63, 3.8) is 0 Å². The van der Waals surface area contributed by atoms with E-state index in [1.807, 2.05) is 59.5 Å². The van der Waals surface area contributed by atoms with Crippen molar-refractivity contribution in [1.82, 2.24) is 10.2 Å². The van der Waals surface area contributed by atoms with Gasteiger partial charge >= 0.3 is 6.09 Å². The summed E-state index contributed by atoms with van der Waals surface area (Å²) in [6, 6.07) is 16.7. The van der Waals surface area contributed by atoms with Crippen LogP contribution >= 0.6 is 0 Å². The van der Waals surface area contributed by atoms with E-state index < -0.39 is 12.1 Å². The molecule has 6 nitrogen and oxygen atoms in total. The Hall–Kier alpha value is -3.02. The third-order valence-electron chi connectivity index (χ3n) is 5.45. The summed E-state index contributed by atoms with van der Waals surface area (Å²) < 4.78 is 10.5. The number of rotatable bonds is 6. The fourth-order valence-electron chi connectivity index (χ4n) is 3.80. The van der Waals surface area contributed by atoms with E-state index in [2.05, 4.69) is 5.32 Å². The van der Waals surface area contributed by atoms with Crippen molar-refractivity contribution in [1.29, 1.82) is 0 Å². The topological polar surface area (TPSA) is 67.9 Å². The van der Waals surface area contributed by atoms with Gasteiger partial charge in [0.25, 0.3) is 0 Å². The zero-order chi connectivity index (χ0) is 21.3. The lowest BCUT2D eigenvalue weighted by atomic mass is 10.00. The van der Waals surface area contributed by atoms with Gasteiger partial charge in [-0.15, -0.1) is 0 Å². The zero-order valence-electron chi connectivity index (χ0n) is 17.7. The molecule has 3 rings (SSSR count). The van der Waals surface area contributed by atoms with Crippen LogP contribution in [-0.2, 0) is 16.1 Å². The number of benzene rings is 2. The number of hydrogen-bond donors (Lipinski definition) is 1. The number of ether oxygens (including phenoxy) is 2. The third-order valence-corrected chi connectivity index (χ3v) is 5.45. The van der Waals surface area contributed by atoms with Crippen molar-refractivity contribution in [2.75, 3.05) is 13.7 Å². The molecule has 6 heteroatoms. The molecule has 1 N–H and O–H groups in total. The van der Waals surface area contributed by atoms with Gasteiger partial charge in [0.15, 0.2) is 0 Å². The Bertz CT molecular complexity index is 823. The summed E-state index contributed by atoms with van der Waals surface area (Å²) >= 11 is 0. The first-order valence-corrected chi connectivity index (χ1v) is 10.5. The Labute approximate surface area is 178 Å². The highest BCUT2D eigenvalue weighted by Crippen LogP contribution is 2.31. The van der Waals surface area contributed by atoms with Gasteiger partial charge in [0.2, 0.25) is 5.91 Å². The number of alkyl carbamates (subject to hydrolysis) is 1. The monoisotopic (exact) mass is 410 g/mol. The first-order chi connectivity index (χ1) is 14.6. The minimum absolute atomic E-state index is 0.00417. The summed E-state index contributed by atoms with van der Waals surface area (Å²) in [5.41, 5.74) is 1.99. The lowest BCUT2D eigenvalue weighted by Gasteiger charge is -2.32.